The van der Waals surface area contributed by atoms with Crippen LogP contribution in [-0.2, 0) is 13.6 Å². The zero-order valence-corrected chi connectivity index (χ0v) is 16.4. The van der Waals surface area contributed by atoms with Gasteiger partial charge in [-0.05, 0) is 49.1 Å². The van der Waals surface area contributed by atoms with Crippen LogP contribution in [-0.4, -0.2) is 34.1 Å². The predicted octanol–water partition coefficient (Wildman–Crippen LogP) is 4.02. The summed E-state index contributed by atoms with van der Waals surface area (Å²) in [5.74, 6) is 1.77. The number of imidazole rings is 1. The van der Waals surface area contributed by atoms with Crippen molar-refractivity contribution in [1.29, 1.82) is 0 Å². The summed E-state index contributed by atoms with van der Waals surface area (Å²) in [5.41, 5.74) is 3.12. The second-order valence-electron chi connectivity index (χ2n) is 7.23. The number of amides is 2. The molecule has 4 rings (SSSR count). The summed E-state index contributed by atoms with van der Waals surface area (Å²) in [6.45, 7) is 1.25. The van der Waals surface area contributed by atoms with E-state index >= 15 is 0 Å². The molecule has 146 valence electrons. The van der Waals surface area contributed by atoms with Crippen LogP contribution in [0.25, 0.3) is 11.0 Å². The average Bonchev–Trinajstić information content (AvgIpc) is 3.09. The standard InChI is InChI=1S/C22H26N4O2/c1-25-19-8-4-3-7-18(19)24-21(25)20-9-5-6-14-26(20)22(27)23-15-16-10-12-17(28-2)13-11-16/h3-4,7-8,10-13,20H,5-6,9,14-15H2,1-2H3,(H,23,27). The molecule has 1 aliphatic heterocycles. The fourth-order valence-electron chi connectivity index (χ4n) is 3.93. The molecule has 1 N–H and O–H groups in total. The summed E-state index contributed by atoms with van der Waals surface area (Å²) >= 11 is 0. The minimum Gasteiger partial charge on any atom is -0.497 e. The molecular weight excluding hydrogens is 352 g/mol. The Kier molecular flexibility index (Phi) is 5.19. The number of likely N-dealkylation sites (tertiary alicyclic amines) is 1. The van der Waals surface area contributed by atoms with Gasteiger partial charge in [0.05, 0.1) is 24.2 Å². The minimum absolute atomic E-state index is 0.00187. The zero-order valence-electron chi connectivity index (χ0n) is 16.4. The number of rotatable bonds is 4. The molecule has 1 aliphatic rings. The van der Waals surface area contributed by atoms with Crippen LogP contribution in [0.3, 0.4) is 0 Å². The number of aromatic nitrogens is 2. The molecule has 0 bridgehead atoms. The van der Waals surface area contributed by atoms with E-state index in [2.05, 4.69) is 16.0 Å². The average molecular weight is 378 g/mol. The van der Waals surface area contributed by atoms with Crippen molar-refractivity contribution in [3.8, 4) is 5.75 Å². The number of nitrogens with one attached hydrogen (secondary N) is 1. The SMILES string of the molecule is COc1ccc(CNC(=O)N2CCCCC2c2nc3ccccc3n2C)cc1. The van der Waals surface area contributed by atoms with Gasteiger partial charge in [-0.1, -0.05) is 24.3 Å². The number of aryl methyl sites for hydroxylation is 1. The lowest BCUT2D eigenvalue weighted by molar-refractivity contribution is 0.146. The third-order valence-electron chi connectivity index (χ3n) is 5.49. The molecule has 6 nitrogen and oxygen atoms in total. The van der Waals surface area contributed by atoms with E-state index in [1.165, 1.54) is 0 Å². The molecule has 3 aromatic rings. The highest BCUT2D eigenvalue weighted by molar-refractivity contribution is 5.77. The quantitative estimate of drug-likeness (QED) is 0.746. The molecule has 1 fully saturated rings. The van der Waals surface area contributed by atoms with E-state index in [4.69, 9.17) is 9.72 Å². The molecule has 1 atom stereocenters. The van der Waals surface area contributed by atoms with Crippen LogP contribution in [0.15, 0.2) is 48.5 Å². The first-order chi connectivity index (χ1) is 13.7. The van der Waals surface area contributed by atoms with Gasteiger partial charge in [-0.3, -0.25) is 0 Å². The lowest BCUT2D eigenvalue weighted by atomic mass is 10.0. The number of nitrogens with zero attached hydrogens (tertiary/aromatic N) is 3. The highest BCUT2D eigenvalue weighted by Crippen LogP contribution is 2.32. The Labute approximate surface area is 165 Å². The van der Waals surface area contributed by atoms with Crippen molar-refractivity contribution in [1.82, 2.24) is 19.8 Å². The van der Waals surface area contributed by atoms with Crippen molar-refractivity contribution < 1.29 is 9.53 Å². The van der Waals surface area contributed by atoms with Crippen molar-refractivity contribution in [3.05, 3.63) is 59.9 Å². The maximum atomic E-state index is 13.0. The number of carbonyl (C=O) groups is 1. The van der Waals surface area contributed by atoms with Gasteiger partial charge in [0.1, 0.15) is 11.6 Å². The monoisotopic (exact) mass is 378 g/mol. The normalized spacial score (nSPS) is 16.9. The van der Waals surface area contributed by atoms with Crippen LogP contribution in [0.5, 0.6) is 5.75 Å². The number of para-hydroxylation sites is 2. The van der Waals surface area contributed by atoms with Crippen molar-refractivity contribution in [3.63, 3.8) is 0 Å². The van der Waals surface area contributed by atoms with E-state index in [0.29, 0.717) is 6.54 Å². The Balaban J connectivity index is 1.51. The first-order valence-electron chi connectivity index (χ1n) is 9.76. The van der Waals surface area contributed by atoms with Crippen LogP contribution < -0.4 is 10.1 Å². The van der Waals surface area contributed by atoms with E-state index in [-0.39, 0.29) is 12.1 Å². The third-order valence-corrected chi connectivity index (χ3v) is 5.49. The van der Waals surface area contributed by atoms with Crippen molar-refractivity contribution in [2.45, 2.75) is 31.8 Å². The van der Waals surface area contributed by atoms with Crippen LogP contribution in [0.1, 0.15) is 36.7 Å². The van der Waals surface area contributed by atoms with Gasteiger partial charge in [0.15, 0.2) is 0 Å². The van der Waals surface area contributed by atoms with Gasteiger partial charge >= 0.3 is 6.03 Å². The number of ether oxygens (including phenoxy) is 1. The molecule has 1 saturated heterocycles. The van der Waals surface area contributed by atoms with Gasteiger partial charge in [-0.2, -0.15) is 0 Å². The molecule has 0 radical (unpaired) electrons. The number of fused-ring (bicyclic) bond motifs is 1. The summed E-state index contributed by atoms with van der Waals surface area (Å²) in [6, 6.07) is 15.8. The molecule has 2 amide bonds. The lowest BCUT2D eigenvalue weighted by Gasteiger charge is -2.35. The molecule has 0 spiro atoms. The number of benzene rings is 2. The van der Waals surface area contributed by atoms with Gasteiger partial charge in [-0.15, -0.1) is 0 Å². The maximum absolute atomic E-state index is 13.0. The minimum atomic E-state index is -0.0347. The van der Waals surface area contributed by atoms with Gasteiger partial charge in [0.25, 0.3) is 0 Å². The highest BCUT2D eigenvalue weighted by Gasteiger charge is 2.31. The molecule has 1 unspecified atom stereocenters. The Morgan fingerprint density at radius 1 is 1.18 bits per heavy atom. The molecule has 0 aliphatic carbocycles. The molecule has 2 aromatic carbocycles. The summed E-state index contributed by atoms with van der Waals surface area (Å²) in [6.07, 6.45) is 3.07. The topological polar surface area (TPSA) is 59.4 Å². The molecule has 2 heterocycles. The van der Waals surface area contributed by atoms with Gasteiger partial charge in [0, 0.05) is 20.1 Å². The van der Waals surface area contributed by atoms with E-state index in [1.807, 2.05) is 54.4 Å². The van der Waals surface area contributed by atoms with Crippen LogP contribution in [0.2, 0.25) is 0 Å². The zero-order chi connectivity index (χ0) is 19.5. The molecule has 1 aromatic heterocycles. The lowest BCUT2D eigenvalue weighted by Crippen LogP contribution is -2.45. The Morgan fingerprint density at radius 3 is 2.71 bits per heavy atom. The van der Waals surface area contributed by atoms with Crippen molar-refractivity contribution in [2.75, 3.05) is 13.7 Å². The second kappa shape index (κ2) is 7.92. The third kappa shape index (κ3) is 3.54. The summed E-state index contributed by atoms with van der Waals surface area (Å²) in [7, 11) is 3.68. The van der Waals surface area contributed by atoms with E-state index < -0.39 is 0 Å². The fourth-order valence-corrected chi connectivity index (χ4v) is 3.93. The Hall–Kier alpha value is -3.02. The number of carbonyl (C=O) groups excluding carboxylic acids is 1. The summed E-state index contributed by atoms with van der Waals surface area (Å²) in [5, 5.41) is 3.07. The second-order valence-corrected chi connectivity index (χ2v) is 7.23. The molecule has 0 saturated carbocycles. The first kappa shape index (κ1) is 18.3. The van der Waals surface area contributed by atoms with E-state index in [1.54, 1.807) is 7.11 Å². The number of urea groups is 1. The van der Waals surface area contributed by atoms with Gasteiger partial charge in [-0.25, -0.2) is 9.78 Å². The summed E-state index contributed by atoms with van der Waals surface area (Å²) < 4.78 is 7.30. The maximum Gasteiger partial charge on any atom is 0.318 e. The number of methoxy groups -OCH3 is 1. The summed E-state index contributed by atoms with van der Waals surface area (Å²) in [4.78, 5) is 19.7. The van der Waals surface area contributed by atoms with Gasteiger partial charge < -0.3 is 19.5 Å². The largest absolute Gasteiger partial charge is 0.497 e. The number of hydrogen-bond acceptors (Lipinski definition) is 3. The Morgan fingerprint density at radius 2 is 1.96 bits per heavy atom. The number of piperidine rings is 1. The van der Waals surface area contributed by atoms with Gasteiger partial charge in [0.2, 0.25) is 0 Å². The van der Waals surface area contributed by atoms with Crippen LogP contribution in [0.4, 0.5) is 4.79 Å². The van der Waals surface area contributed by atoms with Crippen LogP contribution >= 0.6 is 0 Å². The number of hydrogen-bond donors (Lipinski definition) is 1. The Bertz CT molecular complexity index is 964. The first-order valence-corrected chi connectivity index (χ1v) is 9.76. The van der Waals surface area contributed by atoms with Crippen molar-refractivity contribution >= 4 is 17.1 Å². The van der Waals surface area contributed by atoms with Crippen LogP contribution in [0, 0.1) is 0 Å². The highest BCUT2D eigenvalue weighted by atomic mass is 16.5. The van der Waals surface area contributed by atoms with E-state index in [0.717, 1.165) is 54.0 Å². The van der Waals surface area contributed by atoms with E-state index in [9.17, 15) is 4.79 Å². The molecule has 28 heavy (non-hydrogen) atoms. The predicted molar refractivity (Wildman–Crippen MR) is 109 cm³/mol. The smallest absolute Gasteiger partial charge is 0.318 e. The molecule has 6 heteroatoms. The molecular formula is C22H26N4O2. The fraction of sp³-hybridized carbons (Fsp3) is 0.364. The van der Waals surface area contributed by atoms with Crippen molar-refractivity contribution in [2.24, 2.45) is 7.05 Å².